The third-order valence-corrected chi connectivity index (χ3v) is 6.67. The SMILES string of the molecule is CC(C)OC(=O)[C@H](C)OP(=O)(OC[C@H]1O[C@@H](n2ncc(N)nc2=O)[C@@](N)(C#CCl)C1O)Oc1ccccc1. The quantitative estimate of drug-likeness (QED) is 0.207. The van der Waals surface area contributed by atoms with Crippen LogP contribution in [0.1, 0.15) is 27.0 Å². The van der Waals surface area contributed by atoms with Crippen LogP contribution in [0.5, 0.6) is 5.75 Å². The van der Waals surface area contributed by atoms with Crippen LogP contribution in [0, 0.1) is 11.3 Å². The Hall–Kier alpha value is -3.02. The minimum absolute atomic E-state index is 0.107. The van der Waals surface area contributed by atoms with Gasteiger partial charge in [-0.25, -0.2) is 14.2 Å². The molecule has 2 aromatic rings. The van der Waals surface area contributed by atoms with E-state index in [1.54, 1.807) is 32.0 Å². The highest BCUT2D eigenvalue weighted by atomic mass is 35.5. The topological polar surface area (TPSA) is 200 Å². The van der Waals surface area contributed by atoms with Crippen LogP contribution in [-0.4, -0.2) is 62.4 Å². The standard InChI is InChI=1S/C22H27ClN5O9P/c1-13(2)34-19(30)14(3)36-38(32,37-15-7-5-4-6-8-15)33-12-16-18(29)22(25,9-10-23)20(35-16)28-21(31)27-17(24)11-26-28/h4-8,11,13-14,16,18,20,29H,12,25H2,1-3H3,(H2,24,27,31)/t14-,16+,18?,20+,22+,38?/m0/s1. The van der Waals surface area contributed by atoms with E-state index in [1.165, 1.54) is 19.1 Å². The first-order valence-corrected chi connectivity index (χ1v) is 13.1. The van der Waals surface area contributed by atoms with Crippen LogP contribution < -0.4 is 21.7 Å². The number of phosphoric acid groups is 1. The molecule has 0 bridgehead atoms. The van der Waals surface area contributed by atoms with E-state index in [-0.39, 0.29) is 11.6 Å². The summed E-state index contributed by atoms with van der Waals surface area (Å²) in [5.74, 6) is 1.55. The van der Waals surface area contributed by atoms with E-state index in [9.17, 15) is 19.3 Å². The second-order valence-electron chi connectivity index (χ2n) is 8.41. The average Bonchev–Trinajstić information content (AvgIpc) is 3.08. The van der Waals surface area contributed by atoms with Gasteiger partial charge in [0, 0.05) is 5.38 Å². The molecule has 1 aromatic heterocycles. The number of aliphatic hydroxyl groups excluding tert-OH is 1. The average molecular weight is 572 g/mol. The minimum Gasteiger partial charge on any atom is -0.461 e. The third kappa shape index (κ3) is 6.89. The normalized spacial score (nSPS) is 25.2. The molecule has 3 rings (SSSR count). The molecule has 1 aliphatic rings. The largest absolute Gasteiger partial charge is 0.530 e. The number of phosphoric ester groups is 1. The van der Waals surface area contributed by atoms with Gasteiger partial charge in [-0.1, -0.05) is 24.1 Å². The van der Waals surface area contributed by atoms with Crippen molar-refractivity contribution in [2.75, 3.05) is 12.3 Å². The van der Waals surface area contributed by atoms with Crippen molar-refractivity contribution in [1.82, 2.24) is 14.8 Å². The molecule has 1 aliphatic heterocycles. The van der Waals surface area contributed by atoms with Gasteiger partial charge in [0.2, 0.25) is 0 Å². The van der Waals surface area contributed by atoms with Crippen LogP contribution in [-0.2, 0) is 27.9 Å². The molecule has 14 nitrogen and oxygen atoms in total. The van der Waals surface area contributed by atoms with Gasteiger partial charge in [-0.2, -0.15) is 14.8 Å². The molecule has 0 spiro atoms. The molecule has 1 saturated heterocycles. The molecule has 5 N–H and O–H groups in total. The van der Waals surface area contributed by atoms with E-state index in [0.717, 1.165) is 10.9 Å². The third-order valence-electron chi connectivity index (χ3n) is 5.10. The summed E-state index contributed by atoms with van der Waals surface area (Å²) in [4.78, 5) is 28.2. The Morgan fingerprint density at radius 1 is 1.34 bits per heavy atom. The molecule has 0 amide bonds. The van der Waals surface area contributed by atoms with Gasteiger partial charge in [-0.05, 0) is 44.5 Å². The van der Waals surface area contributed by atoms with Crippen LogP contribution in [0.15, 0.2) is 41.3 Å². The number of ether oxygens (including phenoxy) is 2. The van der Waals surface area contributed by atoms with Gasteiger partial charge in [0.05, 0.1) is 18.9 Å². The summed E-state index contributed by atoms with van der Waals surface area (Å²) in [5.41, 5.74) is 8.86. The second kappa shape index (κ2) is 12.2. The number of esters is 1. The number of carbonyl (C=O) groups is 1. The highest BCUT2D eigenvalue weighted by Gasteiger charge is 2.56. The monoisotopic (exact) mass is 571 g/mol. The molecule has 16 heteroatoms. The van der Waals surface area contributed by atoms with Crippen LogP contribution in [0.25, 0.3) is 0 Å². The van der Waals surface area contributed by atoms with Crippen LogP contribution in [0.3, 0.4) is 0 Å². The zero-order chi connectivity index (χ0) is 28.1. The Labute approximate surface area is 222 Å². The molecule has 2 unspecified atom stereocenters. The predicted molar refractivity (Wildman–Crippen MR) is 134 cm³/mol. The van der Waals surface area contributed by atoms with Gasteiger partial charge in [0.1, 0.15) is 23.8 Å². The number of hydrogen-bond donors (Lipinski definition) is 3. The first-order chi connectivity index (χ1) is 17.9. The number of hydrogen-bond acceptors (Lipinski definition) is 13. The number of nitrogen functional groups attached to an aromatic ring is 1. The summed E-state index contributed by atoms with van der Waals surface area (Å²) in [6.45, 7) is 3.93. The van der Waals surface area contributed by atoms with E-state index in [1.807, 2.05) is 0 Å². The highest BCUT2D eigenvalue weighted by Crippen LogP contribution is 2.51. The Bertz CT molecular complexity index is 1300. The zero-order valence-electron chi connectivity index (χ0n) is 20.6. The van der Waals surface area contributed by atoms with E-state index in [2.05, 4.69) is 21.4 Å². The number of nitrogens with zero attached hydrogens (tertiary/aromatic N) is 3. The number of rotatable bonds is 10. The zero-order valence-corrected chi connectivity index (χ0v) is 22.2. The Morgan fingerprint density at radius 3 is 2.63 bits per heavy atom. The molecule has 0 radical (unpaired) electrons. The number of para-hydroxylation sites is 1. The van der Waals surface area contributed by atoms with Gasteiger partial charge in [-0.3, -0.25) is 9.05 Å². The maximum absolute atomic E-state index is 13.6. The molecule has 1 aromatic carbocycles. The lowest BCUT2D eigenvalue weighted by molar-refractivity contribution is -0.156. The first-order valence-electron chi connectivity index (χ1n) is 11.2. The maximum atomic E-state index is 13.6. The molecular weight excluding hydrogens is 545 g/mol. The number of aliphatic hydroxyl groups is 1. The van der Waals surface area contributed by atoms with Gasteiger partial charge in [0.15, 0.2) is 17.9 Å². The number of anilines is 1. The summed E-state index contributed by atoms with van der Waals surface area (Å²) >= 11 is 5.55. The summed E-state index contributed by atoms with van der Waals surface area (Å²) in [6, 6.07) is 7.90. The van der Waals surface area contributed by atoms with E-state index in [4.69, 9.17) is 46.1 Å². The van der Waals surface area contributed by atoms with Gasteiger partial charge < -0.3 is 30.6 Å². The van der Waals surface area contributed by atoms with E-state index < -0.39 is 62.3 Å². The molecule has 1 fully saturated rings. The van der Waals surface area contributed by atoms with Crippen LogP contribution in [0.2, 0.25) is 0 Å². The van der Waals surface area contributed by atoms with E-state index >= 15 is 0 Å². The minimum atomic E-state index is -4.55. The van der Waals surface area contributed by atoms with Crippen LogP contribution >= 0.6 is 19.4 Å². The summed E-state index contributed by atoms with van der Waals surface area (Å²) in [7, 11) is -4.55. The fourth-order valence-corrected chi connectivity index (χ4v) is 4.86. The lowest BCUT2D eigenvalue weighted by Gasteiger charge is -2.26. The number of benzene rings is 1. The van der Waals surface area contributed by atoms with Crippen molar-refractivity contribution in [3.8, 4) is 17.0 Å². The van der Waals surface area contributed by atoms with Crippen molar-refractivity contribution in [2.24, 2.45) is 5.73 Å². The lowest BCUT2D eigenvalue weighted by atomic mass is 9.92. The fraction of sp³-hybridized carbons (Fsp3) is 0.455. The van der Waals surface area contributed by atoms with Crippen molar-refractivity contribution in [3.63, 3.8) is 0 Å². The van der Waals surface area contributed by atoms with Gasteiger partial charge in [0.25, 0.3) is 0 Å². The molecular formula is C22H27ClN5O9P. The number of halogens is 1. The number of carbonyl (C=O) groups excluding carboxylic acids is 1. The van der Waals surface area contributed by atoms with Crippen molar-refractivity contribution >= 4 is 31.2 Å². The molecule has 38 heavy (non-hydrogen) atoms. The van der Waals surface area contributed by atoms with Gasteiger partial charge >= 0.3 is 19.5 Å². The van der Waals surface area contributed by atoms with Crippen molar-refractivity contribution in [3.05, 3.63) is 47.0 Å². The lowest BCUT2D eigenvalue weighted by Crippen LogP contribution is -2.55. The Morgan fingerprint density at radius 2 is 2.03 bits per heavy atom. The number of nitrogens with two attached hydrogens (primary N) is 2. The molecule has 0 aliphatic carbocycles. The van der Waals surface area contributed by atoms with Crippen molar-refractivity contribution < 1.29 is 37.5 Å². The molecule has 0 saturated carbocycles. The second-order valence-corrected chi connectivity index (χ2v) is 10.1. The van der Waals surface area contributed by atoms with Crippen LogP contribution in [0.4, 0.5) is 5.82 Å². The molecule has 6 atom stereocenters. The maximum Gasteiger partial charge on any atom is 0.530 e. The first kappa shape index (κ1) is 29.5. The summed E-state index contributed by atoms with van der Waals surface area (Å²) < 4.78 is 41.4. The van der Waals surface area contributed by atoms with Crippen molar-refractivity contribution in [2.45, 2.75) is 57.0 Å². The molecule has 206 valence electrons. The summed E-state index contributed by atoms with van der Waals surface area (Å²) in [6.07, 6.45) is -5.21. The Balaban J connectivity index is 1.86. The smallest absolute Gasteiger partial charge is 0.461 e. The fourth-order valence-electron chi connectivity index (χ4n) is 3.35. The summed E-state index contributed by atoms with van der Waals surface area (Å²) in [5, 5.41) is 16.9. The highest BCUT2D eigenvalue weighted by molar-refractivity contribution is 7.49. The predicted octanol–water partition coefficient (Wildman–Crippen LogP) is 0.936. The van der Waals surface area contributed by atoms with E-state index in [0.29, 0.717) is 0 Å². The Kier molecular flexibility index (Phi) is 9.50. The van der Waals surface area contributed by atoms with Crippen molar-refractivity contribution in [1.29, 1.82) is 0 Å². The molecule has 2 heterocycles. The van der Waals surface area contributed by atoms with Gasteiger partial charge in [-0.15, -0.1) is 0 Å². The number of aromatic nitrogens is 3.